The molecular weight excluding hydrogens is 244 g/mol. The Hall–Kier alpha value is -1.74. The van der Waals surface area contributed by atoms with Crippen molar-refractivity contribution in [2.75, 3.05) is 0 Å². The molecule has 2 aromatic carbocycles. The molecule has 0 heterocycles. The lowest BCUT2D eigenvalue weighted by atomic mass is 9.87. The van der Waals surface area contributed by atoms with Crippen molar-refractivity contribution in [1.82, 2.24) is 0 Å². The summed E-state index contributed by atoms with van der Waals surface area (Å²) in [7, 11) is 0. The minimum absolute atomic E-state index is 0.297. The number of nitrogens with two attached hydrogens (primary N) is 1. The Bertz CT molecular complexity index is 550. The number of hydrogen-bond acceptors (Lipinski definition) is 1. The normalized spacial score (nSPS) is 14.1. The fourth-order valence-electron chi connectivity index (χ4n) is 2.24. The lowest BCUT2D eigenvalue weighted by Crippen LogP contribution is -2.41. The third kappa shape index (κ3) is 3.86. The molecule has 0 aliphatic carbocycles. The Morgan fingerprint density at radius 2 is 1.68 bits per heavy atom. The van der Waals surface area contributed by atoms with Crippen molar-refractivity contribution in [1.29, 1.82) is 0 Å². The van der Waals surface area contributed by atoms with Gasteiger partial charge in [0.05, 0.1) is 0 Å². The molecule has 0 aliphatic rings. The van der Waals surface area contributed by atoms with Crippen LogP contribution in [0.2, 0.25) is 0 Å². The Morgan fingerprint density at radius 3 is 2.37 bits per heavy atom. The van der Waals surface area contributed by atoms with E-state index in [1.807, 2.05) is 37.3 Å². The molecular formula is C16H17F2N. The van der Waals surface area contributed by atoms with Crippen molar-refractivity contribution in [3.8, 4) is 0 Å². The van der Waals surface area contributed by atoms with E-state index in [0.29, 0.717) is 18.4 Å². The second-order valence-corrected chi connectivity index (χ2v) is 5.23. The largest absolute Gasteiger partial charge is 0.325 e. The minimum atomic E-state index is -0.615. The summed E-state index contributed by atoms with van der Waals surface area (Å²) in [6.07, 6.45) is 0.912. The van der Waals surface area contributed by atoms with E-state index in [-0.39, 0.29) is 0 Å². The highest BCUT2D eigenvalue weighted by molar-refractivity contribution is 5.23. The van der Waals surface area contributed by atoms with Crippen molar-refractivity contribution in [2.24, 2.45) is 5.73 Å². The first kappa shape index (κ1) is 13.7. The maximum atomic E-state index is 13.6. The van der Waals surface area contributed by atoms with E-state index in [1.165, 1.54) is 6.07 Å². The van der Waals surface area contributed by atoms with Crippen molar-refractivity contribution in [2.45, 2.75) is 25.3 Å². The molecule has 0 radical (unpaired) electrons. The monoisotopic (exact) mass is 261 g/mol. The van der Waals surface area contributed by atoms with Crippen LogP contribution in [0, 0.1) is 11.6 Å². The standard InChI is InChI=1S/C16H17F2N/c1-16(19,10-12-5-3-2-4-6-12)11-13-9-14(17)7-8-15(13)18/h2-9H,10-11,19H2,1H3. The molecule has 1 nitrogen and oxygen atoms in total. The van der Waals surface area contributed by atoms with Gasteiger partial charge in [-0.15, -0.1) is 0 Å². The van der Waals surface area contributed by atoms with E-state index in [1.54, 1.807) is 0 Å². The summed E-state index contributed by atoms with van der Waals surface area (Å²) >= 11 is 0. The second-order valence-electron chi connectivity index (χ2n) is 5.23. The van der Waals surface area contributed by atoms with Gasteiger partial charge in [-0.25, -0.2) is 8.78 Å². The number of halogens is 2. The number of hydrogen-bond donors (Lipinski definition) is 1. The first-order chi connectivity index (χ1) is 8.96. The summed E-state index contributed by atoms with van der Waals surface area (Å²) in [6, 6.07) is 13.2. The van der Waals surface area contributed by atoms with Gasteiger partial charge in [-0.1, -0.05) is 30.3 Å². The van der Waals surface area contributed by atoms with Gasteiger partial charge in [-0.2, -0.15) is 0 Å². The van der Waals surface area contributed by atoms with E-state index < -0.39 is 17.2 Å². The molecule has 2 N–H and O–H groups in total. The van der Waals surface area contributed by atoms with E-state index in [2.05, 4.69) is 0 Å². The van der Waals surface area contributed by atoms with Crippen molar-refractivity contribution < 1.29 is 8.78 Å². The van der Waals surface area contributed by atoms with Crippen LogP contribution in [-0.4, -0.2) is 5.54 Å². The highest BCUT2D eigenvalue weighted by Gasteiger charge is 2.21. The molecule has 2 aromatic rings. The highest BCUT2D eigenvalue weighted by Crippen LogP contribution is 2.19. The quantitative estimate of drug-likeness (QED) is 0.896. The van der Waals surface area contributed by atoms with Gasteiger partial charge in [0.25, 0.3) is 0 Å². The van der Waals surface area contributed by atoms with Crippen LogP contribution in [0.25, 0.3) is 0 Å². The molecule has 0 aromatic heterocycles. The van der Waals surface area contributed by atoms with E-state index in [4.69, 9.17) is 5.73 Å². The summed E-state index contributed by atoms with van der Waals surface area (Å²) in [5.74, 6) is -0.849. The first-order valence-corrected chi connectivity index (χ1v) is 6.23. The fourth-order valence-corrected chi connectivity index (χ4v) is 2.24. The first-order valence-electron chi connectivity index (χ1n) is 6.23. The minimum Gasteiger partial charge on any atom is -0.325 e. The maximum Gasteiger partial charge on any atom is 0.126 e. The summed E-state index contributed by atoms with van der Waals surface area (Å²) in [4.78, 5) is 0. The molecule has 0 saturated carbocycles. The lowest BCUT2D eigenvalue weighted by molar-refractivity contribution is 0.449. The summed E-state index contributed by atoms with van der Waals surface area (Å²) in [6.45, 7) is 1.85. The molecule has 0 amide bonds. The van der Waals surface area contributed by atoms with Gasteiger partial charge in [0, 0.05) is 5.54 Å². The van der Waals surface area contributed by atoms with Crippen molar-refractivity contribution in [3.63, 3.8) is 0 Å². The van der Waals surface area contributed by atoms with Gasteiger partial charge in [0.1, 0.15) is 11.6 Å². The lowest BCUT2D eigenvalue weighted by Gasteiger charge is -2.25. The van der Waals surface area contributed by atoms with Crippen LogP contribution in [0.15, 0.2) is 48.5 Å². The smallest absolute Gasteiger partial charge is 0.126 e. The zero-order valence-corrected chi connectivity index (χ0v) is 10.9. The zero-order chi connectivity index (χ0) is 13.9. The Balaban J connectivity index is 2.14. The van der Waals surface area contributed by atoms with Crippen LogP contribution >= 0.6 is 0 Å². The molecule has 1 atom stereocenters. The third-order valence-corrected chi connectivity index (χ3v) is 3.05. The molecule has 0 fully saturated rings. The number of rotatable bonds is 4. The average Bonchev–Trinajstić information content (AvgIpc) is 2.34. The number of benzene rings is 2. The fraction of sp³-hybridized carbons (Fsp3) is 0.250. The van der Waals surface area contributed by atoms with Crippen LogP contribution in [0.3, 0.4) is 0 Å². The predicted octanol–water partition coefficient (Wildman–Crippen LogP) is 3.47. The maximum absolute atomic E-state index is 13.6. The van der Waals surface area contributed by atoms with Crippen molar-refractivity contribution >= 4 is 0 Å². The molecule has 0 saturated heterocycles. The molecule has 2 rings (SSSR count). The van der Waals surface area contributed by atoms with Crippen LogP contribution in [-0.2, 0) is 12.8 Å². The van der Waals surface area contributed by atoms with E-state index in [0.717, 1.165) is 17.7 Å². The van der Waals surface area contributed by atoms with Crippen LogP contribution in [0.1, 0.15) is 18.1 Å². The van der Waals surface area contributed by atoms with E-state index in [9.17, 15) is 8.78 Å². The van der Waals surface area contributed by atoms with Gasteiger partial charge in [0.15, 0.2) is 0 Å². The second kappa shape index (κ2) is 5.49. The molecule has 100 valence electrons. The van der Waals surface area contributed by atoms with Gasteiger partial charge in [-0.05, 0) is 49.1 Å². The topological polar surface area (TPSA) is 26.0 Å². The van der Waals surface area contributed by atoms with Gasteiger partial charge >= 0.3 is 0 Å². The Morgan fingerprint density at radius 1 is 1.00 bits per heavy atom. The molecule has 0 aliphatic heterocycles. The van der Waals surface area contributed by atoms with Crippen LogP contribution in [0.5, 0.6) is 0 Å². The Kier molecular flexibility index (Phi) is 3.96. The van der Waals surface area contributed by atoms with Crippen LogP contribution in [0.4, 0.5) is 8.78 Å². The summed E-state index contributed by atoms with van der Waals surface area (Å²) in [5.41, 5.74) is 7.00. The zero-order valence-electron chi connectivity index (χ0n) is 10.9. The molecule has 19 heavy (non-hydrogen) atoms. The Labute approximate surface area is 112 Å². The predicted molar refractivity (Wildman–Crippen MR) is 72.8 cm³/mol. The molecule has 0 bridgehead atoms. The third-order valence-electron chi connectivity index (χ3n) is 3.05. The average molecular weight is 261 g/mol. The molecule has 0 spiro atoms. The highest BCUT2D eigenvalue weighted by atomic mass is 19.1. The molecule has 3 heteroatoms. The van der Waals surface area contributed by atoms with Gasteiger partial charge < -0.3 is 5.73 Å². The molecule has 1 unspecified atom stereocenters. The summed E-state index contributed by atoms with van der Waals surface area (Å²) < 4.78 is 26.8. The van der Waals surface area contributed by atoms with Crippen LogP contribution < -0.4 is 5.73 Å². The van der Waals surface area contributed by atoms with Gasteiger partial charge in [-0.3, -0.25) is 0 Å². The van der Waals surface area contributed by atoms with Gasteiger partial charge in [0.2, 0.25) is 0 Å². The summed E-state index contributed by atoms with van der Waals surface area (Å²) in [5, 5.41) is 0. The van der Waals surface area contributed by atoms with Crippen molar-refractivity contribution in [3.05, 3.63) is 71.3 Å². The SMILES string of the molecule is CC(N)(Cc1ccccc1)Cc1cc(F)ccc1F. The van der Waals surface area contributed by atoms with E-state index >= 15 is 0 Å².